The molecule has 46 heteroatoms. The number of aliphatic hydroxyl groups is 1. The van der Waals surface area contributed by atoms with E-state index in [4.69, 9.17) is 69.2 Å². The highest BCUT2D eigenvalue weighted by Gasteiger charge is 2.33. The average molecular weight is 1340 g/mol. The number of hydrogen-bond acceptors (Lipinski definition) is 27. The molecule has 0 rings (SSSR count). The van der Waals surface area contributed by atoms with E-state index >= 15 is 0 Å². The Hall–Kier alpha value is 0.950. The van der Waals surface area contributed by atoms with Crippen LogP contribution in [0.2, 0.25) is 0 Å². The quantitative estimate of drug-likeness (QED) is 0.0272. The van der Waals surface area contributed by atoms with E-state index in [1.807, 2.05) is 0 Å². The van der Waals surface area contributed by atoms with Crippen molar-refractivity contribution in [3.05, 3.63) is 0 Å². The van der Waals surface area contributed by atoms with Crippen molar-refractivity contribution in [2.24, 2.45) is 29.6 Å². The minimum atomic E-state index is -4.88. The van der Waals surface area contributed by atoms with Gasteiger partial charge in [-0.25, -0.2) is 41.1 Å². The molecule has 0 saturated carbocycles. The van der Waals surface area contributed by atoms with Gasteiger partial charge in [0.25, 0.3) is 0 Å². The molecule has 0 fully saturated rings. The largest absolute Gasteiger partial charge is 0.472 e. The van der Waals surface area contributed by atoms with Crippen LogP contribution in [0.25, 0.3) is 0 Å². The van der Waals surface area contributed by atoms with E-state index in [0.29, 0.717) is 6.42 Å². The highest BCUT2D eigenvalue weighted by Crippen LogP contribution is 2.51. The number of aliphatic hydroxyl groups excluding tert-OH is 1. The highest BCUT2D eigenvalue weighted by atomic mass is 31.2. The van der Waals surface area contributed by atoms with Crippen molar-refractivity contribution in [3.63, 3.8) is 0 Å². The summed E-state index contributed by atoms with van der Waals surface area (Å²) in [4.78, 5) is 97.0. The minimum Gasteiger partial charge on any atom is -0.396 e. The topological polar surface area (TPSA) is 533 Å². The standard InChI is InChI=1S/C33H77O37P9/c1-6-29(19-34)20-63-72(38,39)54-11-12-56-74(42,43)65-23-31(8-3)24-67-76(46,47)58-15-16-60-78(50,51)69-27-33(10-5)28-70-79(52,53)61-18-17-59-77(48,49)68-26-32(9-4)25-66-75(44,45)57-14-13-55-73(40,41)64-22-30(7-2)21-62-71(35,36)37/h29-34H,6-28H2,1-5H3,(H,38,39)(H,40,41)(H,42,43)(H,44,45)(H,46,47)(H,48,49)(H,50,51)(H,52,53)(H2,35,36,37). The molecule has 13 unspecified atom stereocenters. The van der Waals surface area contributed by atoms with Crippen LogP contribution in [-0.4, -0.2) is 173 Å². The third-order valence-electron chi connectivity index (χ3n) is 9.78. The summed E-state index contributed by atoms with van der Waals surface area (Å²) in [6.45, 7) is -3.01. The maximum atomic E-state index is 12.4. The fourth-order valence-electron chi connectivity index (χ4n) is 4.75. The first-order valence-electron chi connectivity index (χ1n) is 23.6. The van der Waals surface area contributed by atoms with Crippen LogP contribution in [0.5, 0.6) is 0 Å². The molecule has 0 saturated heterocycles. The highest BCUT2D eigenvalue weighted by molar-refractivity contribution is 7.49. The first-order valence-corrected chi connectivity index (χ1v) is 37.1. The zero-order chi connectivity index (χ0) is 60.7. The molecule has 0 aliphatic carbocycles. The van der Waals surface area contributed by atoms with Gasteiger partial charge in [0.2, 0.25) is 0 Å². The molecule has 0 amide bonds. The Bertz CT molecular complexity index is 2130. The molecule has 0 bridgehead atoms. The molecular weight excluding hydrogens is 1270 g/mol. The molecule has 476 valence electrons. The van der Waals surface area contributed by atoms with E-state index in [1.54, 1.807) is 34.6 Å². The zero-order valence-corrected chi connectivity index (χ0v) is 51.8. The summed E-state index contributed by atoms with van der Waals surface area (Å²) in [5, 5.41) is 9.14. The van der Waals surface area contributed by atoms with Crippen LogP contribution >= 0.6 is 70.4 Å². The van der Waals surface area contributed by atoms with Gasteiger partial charge in [-0.05, 0) is 32.1 Å². The van der Waals surface area contributed by atoms with Crippen molar-refractivity contribution in [3.8, 4) is 0 Å². The van der Waals surface area contributed by atoms with Crippen LogP contribution in [0.1, 0.15) is 66.7 Å². The van der Waals surface area contributed by atoms with Crippen LogP contribution in [0.3, 0.4) is 0 Å². The third-order valence-corrected chi connectivity index (χ3v) is 18.1. The lowest BCUT2D eigenvalue weighted by Crippen LogP contribution is -2.17. The Morgan fingerprint density at radius 1 is 0.241 bits per heavy atom. The second-order valence-corrected chi connectivity index (χ2v) is 29.0. The van der Waals surface area contributed by atoms with E-state index < -0.39 is 206 Å². The predicted octanol–water partition coefficient (Wildman–Crippen LogP) is 5.29. The van der Waals surface area contributed by atoms with Crippen LogP contribution in [0, 0.1) is 29.6 Å². The molecule has 79 heavy (non-hydrogen) atoms. The van der Waals surface area contributed by atoms with Crippen LogP contribution < -0.4 is 0 Å². The first kappa shape index (κ1) is 80.0. The maximum Gasteiger partial charge on any atom is 0.472 e. The van der Waals surface area contributed by atoms with E-state index in [0.717, 1.165) is 0 Å². The Morgan fingerprint density at radius 2 is 0.380 bits per heavy atom. The molecule has 0 aromatic heterocycles. The smallest absolute Gasteiger partial charge is 0.396 e. The minimum absolute atomic E-state index is 0.139. The van der Waals surface area contributed by atoms with Gasteiger partial charge >= 0.3 is 70.4 Å². The van der Waals surface area contributed by atoms with Crippen molar-refractivity contribution in [2.75, 3.05) is 119 Å². The molecule has 0 aromatic rings. The normalized spacial score (nSPS) is 20.7. The van der Waals surface area contributed by atoms with Gasteiger partial charge in [-0.1, -0.05) is 34.6 Å². The summed E-state index contributed by atoms with van der Waals surface area (Å²) in [6, 6.07) is 0. The molecule has 0 heterocycles. The Morgan fingerprint density at radius 3 is 0.506 bits per heavy atom. The van der Waals surface area contributed by atoms with Gasteiger partial charge in [0.1, 0.15) is 0 Å². The second-order valence-electron chi connectivity index (χ2n) is 16.1. The van der Waals surface area contributed by atoms with Gasteiger partial charge in [-0.2, -0.15) is 0 Å². The van der Waals surface area contributed by atoms with Crippen molar-refractivity contribution in [1.29, 1.82) is 0 Å². The fourth-order valence-corrected chi connectivity index (χ4v) is 11.4. The number of hydrogen-bond donors (Lipinski definition) is 11. The van der Waals surface area contributed by atoms with Crippen LogP contribution in [0.4, 0.5) is 0 Å². The monoisotopic (exact) mass is 1340 g/mol. The van der Waals surface area contributed by atoms with Crippen molar-refractivity contribution in [2.45, 2.75) is 66.7 Å². The molecule has 0 aliphatic heterocycles. The average Bonchev–Trinajstić information content (AvgIpc) is 3.34. The number of phosphoric ester groups is 9. The SMILES string of the molecule is CCC(CO)COP(=O)(O)OCCOP(=O)(O)OCC(CC)COP(=O)(O)OCCOP(=O)(O)OCC(CC)COP(=O)(O)OCCOP(=O)(O)OCC(CC)COP(=O)(O)OCCOP(=O)(O)OCC(CC)COP(=O)(O)O. The second kappa shape index (κ2) is 39.7. The first-order chi connectivity index (χ1) is 36.4. The lowest BCUT2D eigenvalue weighted by Gasteiger charge is -2.21. The summed E-state index contributed by atoms with van der Waals surface area (Å²) < 4.78 is 189. The summed E-state index contributed by atoms with van der Waals surface area (Å²) in [6.07, 6.45) is 1.18. The molecule has 0 aliphatic rings. The Kier molecular flexibility index (Phi) is 40.2. The molecule has 11 N–H and O–H groups in total. The van der Waals surface area contributed by atoms with Crippen LogP contribution in [0.15, 0.2) is 0 Å². The van der Waals surface area contributed by atoms with E-state index in [2.05, 4.69) is 22.6 Å². The maximum absolute atomic E-state index is 12.4. The van der Waals surface area contributed by atoms with Gasteiger partial charge in [-0.3, -0.25) is 76.9 Å². The van der Waals surface area contributed by atoms with E-state index in [1.165, 1.54) is 0 Å². The molecule has 0 radical (unpaired) electrons. The molecule has 13 atom stereocenters. The fraction of sp³-hybridized carbons (Fsp3) is 1.00. The van der Waals surface area contributed by atoms with E-state index in [-0.39, 0.29) is 38.9 Å². The predicted molar refractivity (Wildman–Crippen MR) is 268 cm³/mol. The van der Waals surface area contributed by atoms with Crippen molar-refractivity contribution < 1.29 is 172 Å². The van der Waals surface area contributed by atoms with Crippen LogP contribution in [-0.2, 0) is 118 Å². The summed E-state index contributed by atoms with van der Waals surface area (Å²) in [7, 11) is -43.1. The van der Waals surface area contributed by atoms with E-state index in [9.17, 15) is 80.2 Å². The Balaban J connectivity index is 4.60. The van der Waals surface area contributed by atoms with Crippen molar-refractivity contribution >= 4 is 70.4 Å². The zero-order valence-electron chi connectivity index (χ0n) is 43.7. The summed E-state index contributed by atoms with van der Waals surface area (Å²) in [5.41, 5.74) is 0. The van der Waals surface area contributed by atoms with Gasteiger partial charge in [0.05, 0.1) is 112 Å². The molecular formula is C33H77O37P9. The Labute approximate surface area is 456 Å². The van der Waals surface area contributed by atoms with Crippen molar-refractivity contribution in [1.82, 2.24) is 0 Å². The number of rotatable bonds is 53. The summed E-state index contributed by atoms with van der Waals surface area (Å²) in [5.74, 6) is -3.54. The summed E-state index contributed by atoms with van der Waals surface area (Å²) >= 11 is 0. The lowest BCUT2D eigenvalue weighted by atomic mass is 10.1. The van der Waals surface area contributed by atoms with Gasteiger partial charge in [-0.15, -0.1) is 0 Å². The molecule has 0 spiro atoms. The molecule has 0 aromatic carbocycles. The van der Waals surface area contributed by atoms with Gasteiger partial charge < -0.3 is 54.0 Å². The third kappa shape index (κ3) is 44.1. The van der Waals surface area contributed by atoms with Gasteiger partial charge in [0.15, 0.2) is 0 Å². The number of phosphoric acid groups is 9. The van der Waals surface area contributed by atoms with Gasteiger partial charge in [0, 0.05) is 36.2 Å². The lowest BCUT2D eigenvalue weighted by molar-refractivity contribution is 0.0639. The molecule has 37 nitrogen and oxygen atoms in total.